The molecule has 0 fully saturated rings. The van der Waals surface area contributed by atoms with Crippen LogP contribution < -0.4 is 0 Å². The summed E-state index contributed by atoms with van der Waals surface area (Å²) in [6.45, 7) is 1.84. The van der Waals surface area contributed by atoms with E-state index in [-0.39, 0.29) is 6.04 Å². The molecule has 4 aromatic rings. The Hall–Kier alpha value is -3.10. The van der Waals surface area contributed by atoms with Gasteiger partial charge in [0, 0.05) is 18.7 Å². The van der Waals surface area contributed by atoms with Crippen molar-refractivity contribution in [3.8, 4) is 5.75 Å². The van der Waals surface area contributed by atoms with Gasteiger partial charge in [0.2, 0.25) is 0 Å². The lowest BCUT2D eigenvalue weighted by atomic mass is 9.85. The minimum Gasteiger partial charge on any atom is -0.508 e. The summed E-state index contributed by atoms with van der Waals surface area (Å²) in [6.07, 6.45) is 1.03. The van der Waals surface area contributed by atoms with E-state index < -0.39 is 0 Å². The molecule has 0 saturated heterocycles. The molecule has 1 N–H and O–H groups in total. The molecule has 28 heavy (non-hydrogen) atoms. The van der Waals surface area contributed by atoms with Crippen molar-refractivity contribution in [2.24, 2.45) is 0 Å². The van der Waals surface area contributed by atoms with Crippen molar-refractivity contribution in [2.75, 3.05) is 6.54 Å². The van der Waals surface area contributed by atoms with E-state index in [2.05, 4.69) is 83.8 Å². The van der Waals surface area contributed by atoms with Crippen LogP contribution >= 0.6 is 0 Å². The molecule has 0 radical (unpaired) electrons. The predicted molar refractivity (Wildman–Crippen MR) is 114 cm³/mol. The van der Waals surface area contributed by atoms with Gasteiger partial charge in [0.05, 0.1) is 6.04 Å². The Labute approximate surface area is 165 Å². The summed E-state index contributed by atoms with van der Waals surface area (Å²) in [5, 5.41) is 13.2. The number of benzene rings is 4. The Morgan fingerprint density at radius 1 is 0.786 bits per heavy atom. The SMILES string of the molecule is Oc1ccc2ccccc2c1C1c2ccccc2CCN1Cc1ccccc1. The van der Waals surface area contributed by atoms with Gasteiger partial charge < -0.3 is 5.11 Å². The van der Waals surface area contributed by atoms with Crippen LogP contribution in [0.3, 0.4) is 0 Å². The number of hydrogen-bond acceptors (Lipinski definition) is 2. The van der Waals surface area contributed by atoms with Gasteiger partial charge in [0.15, 0.2) is 0 Å². The largest absolute Gasteiger partial charge is 0.508 e. The minimum atomic E-state index is 0.0382. The van der Waals surface area contributed by atoms with Crippen molar-refractivity contribution in [1.29, 1.82) is 0 Å². The molecule has 0 saturated carbocycles. The standard InChI is InChI=1S/C26H23NO/c28-24-15-14-20-10-4-6-12-22(20)25(24)26-23-13-7-5-11-21(23)16-17-27(26)18-19-8-2-1-3-9-19/h1-15,26,28H,16-18H2. The van der Waals surface area contributed by atoms with Crippen LogP contribution in [0.25, 0.3) is 10.8 Å². The molecule has 1 aliphatic heterocycles. The fraction of sp³-hybridized carbons (Fsp3) is 0.154. The number of aromatic hydroxyl groups is 1. The van der Waals surface area contributed by atoms with E-state index >= 15 is 0 Å². The van der Waals surface area contributed by atoms with E-state index in [1.54, 1.807) is 0 Å². The summed E-state index contributed by atoms with van der Waals surface area (Å²) in [5.74, 6) is 0.374. The number of nitrogens with zero attached hydrogens (tertiary/aromatic N) is 1. The summed E-state index contributed by atoms with van der Waals surface area (Å²) in [7, 11) is 0. The fourth-order valence-electron chi connectivity index (χ4n) is 4.52. The highest BCUT2D eigenvalue weighted by molar-refractivity contribution is 5.88. The van der Waals surface area contributed by atoms with Crippen molar-refractivity contribution in [3.63, 3.8) is 0 Å². The number of fused-ring (bicyclic) bond motifs is 2. The average Bonchev–Trinajstić information content (AvgIpc) is 2.75. The topological polar surface area (TPSA) is 23.5 Å². The molecule has 1 aliphatic rings. The normalized spacial score (nSPS) is 16.8. The molecule has 0 aromatic heterocycles. The van der Waals surface area contributed by atoms with E-state index in [0.717, 1.165) is 35.8 Å². The molecular weight excluding hydrogens is 342 g/mol. The minimum absolute atomic E-state index is 0.0382. The van der Waals surface area contributed by atoms with Crippen LogP contribution in [0.5, 0.6) is 5.75 Å². The third kappa shape index (κ3) is 2.96. The molecule has 0 spiro atoms. The van der Waals surface area contributed by atoms with Crippen LogP contribution in [-0.4, -0.2) is 16.6 Å². The number of phenolic OH excluding ortho intramolecular Hbond substituents is 1. The van der Waals surface area contributed by atoms with Crippen LogP contribution in [0.2, 0.25) is 0 Å². The summed E-state index contributed by atoms with van der Waals surface area (Å²) >= 11 is 0. The van der Waals surface area contributed by atoms with Crippen LogP contribution in [0.1, 0.15) is 28.3 Å². The first kappa shape index (κ1) is 17.0. The summed E-state index contributed by atoms with van der Waals surface area (Å²) in [5.41, 5.74) is 4.99. The van der Waals surface area contributed by atoms with Gasteiger partial charge >= 0.3 is 0 Å². The lowest BCUT2D eigenvalue weighted by Gasteiger charge is -2.38. The molecule has 0 bridgehead atoms. The van der Waals surface area contributed by atoms with E-state index in [4.69, 9.17) is 0 Å². The third-order valence-corrected chi connectivity index (χ3v) is 5.83. The highest BCUT2D eigenvalue weighted by Gasteiger charge is 2.31. The second-order valence-electron chi connectivity index (χ2n) is 7.53. The first-order valence-electron chi connectivity index (χ1n) is 9.87. The van der Waals surface area contributed by atoms with Gasteiger partial charge in [-0.05, 0) is 39.9 Å². The second kappa shape index (κ2) is 7.14. The summed E-state index contributed by atoms with van der Waals surface area (Å²) < 4.78 is 0. The van der Waals surface area contributed by atoms with Crippen molar-refractivity contribution < 1.29 is 5.11 Å². The lowest BCUT2D eigenvalue weighted by Crippen LogP contribution is -2.35. The highest BCUT2D eigenvalue weighted by Crippen LogP contribution is 2.43. The van der Waals surface area contributed by atoms with Crippen LogP contribution in [0.4, 0.5) is 0 Å². The van der Waals surface area contributed by atoms with Crippen LogP contribution in [0, 0.1) is 0 Å². The molecule has 138 valence electrons. The van der Waals surface area contributed by atoms with Crippen LogP contribution in [0.15, 0.2) is 91.0 Å². The average molecular weight is 365 g/mol. The Morgan fingerprint density at radius 3 is 2.43 bits per heavy atom. The van der Waals surface area contributed by atoms with Gasteiger partial charge in [-0.15, -0.1) is 0 Å². The first-order chi connectivity index (χ1) is 13.8. The Morgan fingerprint density at radius 2 is 1.54 bits per heavy atom. The zero-order valence-electron chi connectivity index (χ0n) is 15.8. The monoisotopic (exact) mass is 365 g/mol. The van der Waals surface area contributed by atoms with E-state index in [9.17, 15) is 5.11 Å². The van der Waals surface area contributed by atoms with E-state index in [0.29, 0.717) is 5.75 Å². The summed E-state index contributed by atoms with van der Waals surface area (Å²) in [4.78, 5) is 2.50. The molecule has 4 aromatic carbocycles. The first-order valence-corrected chi connectivity index (χ1v) is 9.87. The van der Waals surface area contributed by atoms with Crippen molar-refractivity contribution in [2.45, 2.75) is 19.0 Å². The molecule has 1 atom stereocenters. The zero-order chi connectivity index (χ0) is 18.9. The molecule has 2 heteroatoms. The molecule has 1 heterocycles. The highest BCUT2D eigenvalue weighted by atomic mass is 16.3. The number of phenols is 1. The van der Waals surface area contributed by atoms with Crippen molar-refractivity contribution in [1.82, 2.24) is 4.90 Å². The van der Waals surface area contributed by atoms with Gasteiger partial charge in [0.25, 0.3) is 0 Å². The molecule has 0 aliphatic carbocycles. The maximum absolute atomic E-state index is 10.9. The van der Waals surface area contributed by atoms with Gasteiger partial charge in [-0.1, -0.05) is 84.9 Å². The second-order valence-corrected chi connectivity index (χ2v) is 7.53. The van der Waals surface area contributed by atoms with Gasteiger partial charge in [-0.25, -0.2) is 0 Å². The summed E-state index contributed by atoms with van der Waals surface area (Å²) in [6, 6.07) is 31.5. The lowest BCUT2D eigenvalue weighted by molar-refractivity contribution is 0.202. The van der Waals surface area contributed by atoms with E-state index in [1.807, 2.05) is 12.1 Å². The third-order valence-electron chi connectivity index (χ3n) is 5.83. The van der Waals surface area contributed by atoms with E-state index in [1.165, 1.54) is 16.7 Å². The van der Waals surface area contributed by atoms with Gasteiger partial charge in [0.1, 0.15) is 5.75 Å². The maximum atomic E-state index is 10.9. The predicted octanol–water partition coefficient (Wildman–Crippen LogP) is 5.69. The fourth-order valence-corrected chi connectivity index (χ4v) is 4.52. The van der Waals surface area contributed by atoms with Crippen molar-refractivity contribution in [3.05, 3.63) is 113 Å². The Balaban J connectivity index is 1.70. The molecule has 1 unspecified atom stereocenters. The number of rotatable bonds is 3. The molecule has 5 rings (SSSR count). The van der Waals surface area contributed by atoms with Crippen molar-refractivity contribution >= 4 is 10.8 Å². The molecule has 0 amide bonds. The maximum Gasteiger partial charge on any atom is 0.121 e. The smallest absolute Gasteiger partial charge is 0.121 e. The Kier molecular flexibility index (Phi) is 4.34. The molecular formula is C26H23NO. The molecule has 2 nitrogen and oxygen atoms in total. The van der Waals surface area contributed by atoms with Gasteiger partial charge in [-0.3, -0.25) is 4.90 Å². The quantitative estimate of drug-likeness (QED) is 0.504. The van der Waals surface area contributed by atoms with Gasteiger partial charge in [-0.2, -0.15) is 0 Å². The van der Waals surface area contributed by atoms with Crippen LogP contribution in [-0.2, 0) is 13.0 Å². The zero-order valence-corrected chi connectivity index (χ0v) is 15.8. The number of hydrogen-bond donors (Lipinski definition) is 1. The Bertz CT molecular complexity index is 1120.